The minimum atomic E-state index is -0.683. The standard InChI is InChI=1S/C9H15NO4/c1-4-5-13-7(2)9(12)14-6-8(11)10-3/h4,7H,1,5-6H2,2-3H3,(H,10,11)/t7-/m0/s1. The van der Waals surface area contributed by atoms with Crippen molar-refractivity contribution in [3.63, 3.8) is 0 Å². The van der Waals surface area contributed by atoms with Gasteiger partial charge in [-0.15, -0.1) is 6.58 Å². The maximum absolute atomic E-state index is 11.1. The summed E-state index contributed by atoms with van der Waals surface area (Å²) < 4.78 is 9.64. The molecule has 0 heterocycles. The summed E-state index contributed by atoms with van der Waals surface area (Å²) in [5, 5.41) is 2.33. The molecule has 0 spiro atoms. The van der Waals surface area contributed by atoms with Crippen LogP contribution in [0.2, 0.25) is 0 Å². The lowest BCUT2D eigenvalue weighted by molar-refractivity contribution is -0.158. The monoisotopic (exact) mass is 201 g/mol. The number of hydrogen-bond donors (Lipinski definition) is 1. The van der Waals surface area contributed by atoms with Crippen LogP contribution in [0, 0.1) is 0 Å². The maximum Gasteiger partial charge on any atom is 0.335 e. The molecule has 5 nitrogen and oxygen atoms in total. The van der Waals surface area contributed by atoms with E-state index < -0.39 is 12.1 Å². The zero-order valence-corrected chi connectivity index (χ0v) is 8.41. The lowest BCUT2D eigenvalue weighted by atomic mass is 10.4. The zero-order chi connectivity index (χ0) is 11.0. The molecule has 0 aliphatic rings. The van der Waals surface area contributed by atoms with Gasteiger partial charge in [0.2, 0.25) is 0 Å². The third-order valence-corrected chi connectivity index (χ3v) is 1.42. The van der Waals surface area contributed by atoms with Crippen LogP contribution in [0.15, 0.2) is 12.7 Å². The zero-order valence-electron chi connectivity index (χ0n) is 8.41. The molecule has 1 atom stereocenters. The first-order valence-corrected chi connectivity index (χ1v) is 4.21. The van der Waals surface area contributed by atoms with Gasteiger partial charge in [0.25, 0.3) is 5.91 Å². The molecular weight excluding hydrogens is 186 g/mol. The highest BCUT2D eigenvalue weighted by molar-refractivity contribution is 5.81. The van der Waals surface area contributed by atoms with E-state index >= 15 is 0 Å². The lowest BCUT2D eigenvalue weighted by Crippen LogP contribution is -2.29. The van der Waals surface area contributed by atoms with E-state index in [4.69, 9.17) is 4.74 Å². The average molecular weight is 201 g/mol. The van der Waals surface area contributed by atoms with E-state index in [0.29, 0.717) is 0 Å². The fourth-order valence-electron chi connectivity index (χ4n) is 0.607. The molecule has 0 aromatic heterocycles. The van der Waals surface area contributed by atoms with Crippen LogP contribution in [0.1, 0.15) is 6.92 Å². The van der Waals surface area contributed by atoms with Crippen LogP contribution in [0.4, 0.5) is 0 Å². The second-order valence-corrected chi connectivity index (χ2v) is 2.55. The van der Waals surface area contributed by atoms with Crippen LogP contribution in [0.25, 0.3) is 0 Å². The summed E-state index contributed by atoms with van der Waals surface area (Å²) >= 11 is 0. The predicted molar refractivity (Wildman–Crippen MR) is 50.6 cm³/mol. The second-order valence-electron chi connectivity index (χ2n) is 2.55. The van der Waals surface area contributed by atoms with E-state index in [9.17, 15) is 9.59 Å². The molecule has 14 heavy (non-hydrogen) atoms. The SMILES string of the molecule is C=CCO[C@@H](C)C(=O)OCC(=O)NC. The molecule has 0 unspecified atom stereocenters. The highest BCUT2D eigenvalue weighted by Crippen LogP contribution is 1.94. The van der Waals surface area contributed by atoms with Gasteiger partial charge in [0, 0.05) is 7.05 Å². The van der Waals surface area contributed by atoms with Gasteiger partial charge >= 0.3 is 5.97 Å². The minimum absolute atomic E-state index is 0.274. The first kappa shape index (κ1) is 12.6. The van der Waals surface area contributed by atoms with Gasteiger partial charge in [-0.3, -0.25) is 4.79 Å². The van der Waals surface area contributed by atoms with Crippen LogP contribution < -0.4 is 5.32 Å². The fraction of sp³-hybridized carbons (Fsp3) is 0.556. The van der Waals surface area contributed by atoms with Crippen LogP contribution in [-0.2, 0) is 19.1 Å². The molecule has 0 aromatic carbocycles. The fourth-order valence-corrected chi connectivity index (χ4v) is 0.607. The van der Waals surface area contributed by atoms with Crippen molar-refractivity contribution in [3.8, 4) is 0 Å². The van der Waals surface area contributed by atoms with Gasteiger partial charge in [0.15, 0.2) is 12.7 Å². The number of likely N-dealkylation sites (N-methyl/N-ethyl adjacent to an activating group) is 1. The van der Waals surface area contributed by atoms with E-state index in [1.165, 1.54) is 13.1 Å². The average Bonchev–Trinajstić information content (AvgIpc) is 2.21. The van der Waals surface area contributed by atoms with Crippen molar-refractivity contribution in [2.45, 2.75) is 13.0 Å². The minimum Gasteiger partial charge on any atom is -0.454 e. The Hall–Kier alpha value is -1.36. The molecule has 1 N–H and O–H groups in total. The van der Waals surface area contributed by atoms with E-state index in [2.05, 4.69) is 16.6 Å². The Morgan fingerprint density at radius 2 is 2.21 bits per heavy atom. The van der Waals surface area contributed by atoms with Crippen molar-refractivity contribution < 1.29 is 19.1 Å². The van der Waals surface area contributed by atoms with Gasteiger partial charge in [0.1, 0.15) is 0 Å². The number of hydrogen-bond acceptors (Lipinski definition) is 4. The van der Waals surface area contributed by atoms with Gasteiger partial charge in [0.05, 0.1) is 6.61 Å². The van der Waals surface area contributed by atoms with Crippen LogP contribution in [0.3, 0.4) is 0 Å². The molecule has 0 saturated carbocycles. The number of amides is 1. The molecule has 0 aromatic rings. The molecule has 80 valence electrons. The number of esters is 1. The van der Waals surface area contributed by atoms with Crippen molar-refractivity contribution in [3.05, 3.63) is 12.7 Å². The first-order chi connectivity index (χ1) is 6.61. The number of ether oxygens (including phenoxy) is 2. The summed E-state index contributed by atoms with van der Waals surface area (Å²) in [4.78, 5) is 21.8. The summed E-state index contributed by atoms with van der Waals surface area (Å²) in [6, 6.07) is 0. The van der Waals surface area contributed by atoms with Crippen LogP contribution in [0.5, 0.6) is 0 Å². The second kappa shape index (κ2) is 7.08. The highest BCUT2D eigenvalue weighted by Gasteiger charge is 2.15. The Balaban J connectivity index is 3.72. The third-order valence-electron chi connectivity index (χ3n) is 1.42. The Morgan fingerprint density at radius 1 is 1.57 bits per heavy atom. The number of carbonyl (C=O) groups excluding carboxylic acids is 2. The molecule has 0 aliphatic carbocycles. The van der Waals surface area contributed by atoms with Crippen LogP contribution in [-0.4, -0.2) is 38.2 Å². The Bertz CT molecular complexity index is 215. The third kappa shape index (κ3) is 5.31. The van der Waals surface area contributed by atoms with E-state index in [1.54, 1.807) is 6.92 Å². The van der Waals surface area contributed by atoms with E-state index in [0.717, 1.165) is 0 Å². The maximum atomic E-state index is 11.1. The van der Waals surface area contributed by atoms with Crippen molar-refractivity contribution >= 4 is 11.9 Å². The predicted octanol–water partition coefficient (Wildman–Crippen LogP) is -0.133. The van der Waals surface area contributed by atoms with Crippen molar-refractivity contribution in [1.29, 1.82) is 0 Å². The molecule has 0 bridgehead atoms. The number of nitrogens with one attached hydrogen (secondary N) is 1. The van der Waals surface area contributed by atoms with Crippen molar-refractivity contribution in [1.82, 2.24) is 5.32 Å². The molecule has 0 saturated heterocycles. The molecule has 1 amide bonds. The van der Waals surface area contributed by atoms with Gasteiger partial charge < -0.3 is 14.8 Å². The summed E-state index contributed by atoms with van der Waals surface area (Å²) in [5.74, 6) is -0.912. The quantitative estimate of drug-likeness (QED) is 0.480. The number of rotatable bonds is 6. The van der Waals surface area contributed by atoms with Crippen molar-refractivity contribution in [2.24, 2.45) is 0 Å². The van der Waals surface area contributed by atoms with Gasteiger partial charge in [-0.1, -0.05) is 6.08 Å². The van der Waals surface area contributed by atoms with E-state index in [1.807, 2.05) is 0 Å². The van der Waals surface area contributed by atoms with Crippen molar-refractivity contribution in [2.75, 3.05) is 20.3 Å². The largest absolute Gasteiger partial charge is 0.454 e. The Kier molecular flexibility index (Phi) is 6.39. The number of carbonyl (C=O) groups is 2. The first-order valence-electron chi connectivity index (χ1n) is 4.21. The normalized spacial score (nSPS) is 11.6. The summed E-state index contributed by atoms with van der Waals surface area (Å²) in [6.45, 7) is 4.98. The molecule has 0 aliphatic heterocycles. The summed E-state index contributed by atoms with van der Waals surface area (Å²) in [7, 11) is 1.47. The van der Waals surface area contributed by atoms with E-state index in [-0.39, 0.29) is 19.1 Å². The van der Waals surface area contributed by atoms with Crippen LogP contribution >= 0.6 is 0 Å². The smallest absolute Gasteiger partial charge is 0.335 e. The van der Waals surface area contributed by atoms with Gasteiger partial charge in [-0.25, -0.2) is 4.79 Å². The summed E-state index contributed by atoms with van der Waals surface area (Å²) in [5.41, 5.74) is 0. The molecule has 5 heteroatoms. The van der Waals surface area contributed by atoms with Gasteiger partial charge in [-0.2, -0.15) is 0 Å². The molecule has 0 fully saturated rings. The lowest BCUT2D eigenvalue weighted by Gasteiger charge is -2.10. The Labute approximate surface area is 83.1 Å². The van der Waals surface area contributed by atoms with Gasteiger partial charge in [-0.05, 0) is 6.92 Å². The molecule has 0 rings (SSSR count). The molecular formula is C9H15NO4. The summed E-state index contributed by atoms with van der Waals surface area (Å²) in [6.07, 6.45) is 0.848. The highest BCUT2D eigenvalue weighted by atomic mass is 16.6. The topological polar surface area (TPSA) is 64.6 Å². The Morgan fingerprint density at radius 3 is 2.71 bits per heavy atom. The molecule has 0 radical (unpaired) electrons.